The number of anilines is 1. The number of carboxylic acids is 1. The largest absolute Gasteiger partial charge is 0.481 e. The highest BCUT2D eigenvalue weighted by Crippen LogP contribution is 2.33. The van der Waals surface area contributed by atoms with E-state index < -0.39 is 17.9 Å². The molecule has 0 radical (unpaired) electrons. The summed E-state index contributed by atoms with van der Waals surface area (Å²) >= 11 is 0. The monoisotopic (exact) mass is 371 g/mol. The summed E-state index contributed by atoms with van der Waals surface area (Å²) in [6.07, 6.45) is 6.51. The van der Waals surface area contributed by atoms with Crippen molar-refractivity contribution in [3.63, 3.8) is 0 Å². The van der Waals surface area contributed by atoms with Crippen LogP contribution in [0.3, 0.4) is 0 Å². The number of carbonyl (C=O) groups is 3. The molecule has 7 heteroatoms. The summed E-state index contributed by atoms with van der Waals surface area (Å²) in [5.41, 5.74) is 0.648. The predicted octanol–water partition coefficient (Wildman–Crippen LogP) is 2.88. The van der Waals surface area contributed by atoms with Crippen molar-refractivity contribution in [2.45, 2.75) is 51.0 Å². The molecule has 1 aliphatic heterocycles. The Balaban J connectivity index is 1.68. The third-order valence-corrected chi connectivity index (χ3v) is 5.26. The van der Waals surface area contributed by atoms with Gasteiger partial charge in [-0.15, -0.1) is 0 Å². The molecule has 0 spiro atoms. The van der Waals surface area contributed by atoms with Gasteiger partial charge in [0.05, 0.1) is 12.3 Å². The van der Waals surface area contributed by atoms with Crippen molar-refractivity contribution >= 4 is 29.7 Å². The van der Waals surface area contributed by atoms with Crippen LogP contribution in [-0.4, -0.2) is 40.2 Å². The highest BCUT2D eigenvalue weighted by atomic mass is 16.4. The number of nitrogens with zero attached hydrogens (tertiary/aromatic N) is 2. The van der Waals surface area contributed by atoms with Crippen LogP contribution in [0.4, 0.5) is 5.69 Å². The van der Waals surface area contributed by atoms with Gasteiger partial charge in [-0.3, -0.25) is 14.4 Å². The molecule has 7 nitrogen and oxygen atoms in total. The molecule has 1 saturated carbocycles. The number of amides is 2. The normalized spacial score (nSPS) is 20.6. The average molecular weight is 371 g/mol. The molecule has 1 aromatic carbocycles. The Labute approximate surface area is 158 Å². The Morgan fingerprint density at radius 3 is 2.56 bits per heavy atom. The molecule has 1 aromatic rings. The van der Waals surface area contributed by atoms with Crippen LogP contribution in [-0.2, 0) is 14.4 Å². The zero-order chi connectivity index (χ0) is 19.2. The fraction of sp³-hybridized carbons (Fsp3) is 0.500. The van der Waals surface area contributed by atoms with Crippen molar-refractivity contribution in [2.24, 2.45) is 16.9 Å². The zero-order valence-electron chi connectivity index (χ0n) is 15.2. The first-order valence-corrected chi connectivity index (χ1v) is 9.48. The van der Waals surface area contributed by atoms with E-state index >= 15 is 0 Å². The lowest BCUT2D eigenvalue weighted by molar-refractivity contribution is -0.147. The van der Waals surface area contributed by atoms with Crippen molar-refractivity contribution < 1.29 is 19.5 Å². The molecule has 1 heterocycles. The summed E-state index contributed by atoms with van der Waals surface area (Å²) in [6, 6.07) is 8.28. The van der Waals surface area contributed by atoms with E-state index in [4.69, 9.17) is 0 Å². The number of para-hydroxylation sites is 1. The summed E-state index contributed by atoms with van der Waals surface area (Å²) in [7, 11) is 0. The third-order valence-electron chi connectivity index (χ3n) is 5.26. The SMILES string of the molecule is O=C(O)CC(CC1CCCC1)C(=O)N1N=CCC1C(=O)Nc1ccccc1. The van der Waals surface area contributed by atoms with Crippen LogP contribution in [0.15, 0.2) is 35.4 Å². The highest BCUT2D eigenvalue weighted by Gasteiger charge is 2.38. The number of carbonyl (C=O) groups excluding carboxylic acids is 2. The topological polar surface area (TPSA) is 99.1 Å². The molecule has 3 rings (SSSR count). The molecule has 2 N–H and O–H groups in total. The molecule has 2 unspecified atom stereocenters. The molecule has 0 aromatic heterocycles. The van der Waals surface area contributed by atoms with Gasteiger partial charge in [-0.2, -0.15) is 5.10 Å². The molecule has 1 fully saturated rings. The van der Waals surface area contributed by atoms with E-state index in [0.717, 1.165) is 25.7 Å². The Morgan fingerprint density at radius 1 is 1.19 bits per heavy atom. The molecule has 2 aliphatic rings. The van der Waals surface area contributed by atoms with Gasteiger partial charge in [0.25, 0.3) is 0 Å². The smallest absolute Gasteiger partial charge is 0.304 e. The zero-order valence-corrected chi connectivity index (χ0v) is 15.2. The Morgan fingerprint density at radius 2 is 1.89 bits per heavy atom. The molecule has 2 amide bonds. The van der Waals surface area contributed by atoms with Gasteiger partial charge in [0.2, 0.25) is 11.8 Å². The third kappa shape index (κ3) is 4.93. The Bertz CT molecular complexity index is 713. The Hall–Kier alpha value is -2.70. The van der Waals surface area contributed by atoms with Gasteiger partial charge in [0.1, 0.15) is 6.04 Å². The molecule has 0 saturated heterocycles. The molecule has 2 atom stereocenters. The van der Waals surface area contributed by atoms with Gasteiger partial charge in [0.15, 0.2) is 0 Å². The van der Waals surface area contributed by atoms with E-state index in [1.807, 2.05) is 18.2 Å². The lowest BCUT2D eigenvalue weighted by Crippen LogP contribution is -2.44. The maximum atomic E-state index is 13.0. The summed E-state index contributed by atoms with van der Waals surface area (Å²) in [4.78, 5) is 36.9. The van der Waals surface area contributed by atoms with Crippen molar-refractivity contribution in [3.8, 4) is 0 Å². The fourth-order valence-electron chi connectivity index (χ4n) is 3.91. The maximum Gasteiger partial charge on any atom is 0.304 e. The molecular formula is C20H25N3O4. The van der Waals surface area contributed by atoms with Gasteiger partial charge in [-0.05, 0) is 24.5 Å². The van der Waals surface area contributed by atoms with Gasteiger partial charge in [-0.1, -0.05) is 43.9 Å². The highest BCUT2D eigenvalue weighted by molar-refractivity contribution is 6.00. The number of rotatable bonds is 7. The second-order valence-corrected chi connectivity index (χ2v) is 7.27. The number of carboxylic acid groups (broad SMARTS) is 1. The van der Waals surface area contributed by atoms with Crippen LogP contribution in [0.2, 0.25) is 0 Å². The lowest BCUT2D eigenvalue weighted by Gasteiger charge is -2.26. The van der Waals surface area contributed by atoms with Gasteiger partial charge >= 0.3 is 5.97 Å². The van der Waals surface area contributed by atoms with E-state index in [1.54, 1.807) is 18.3 Å². The van der Waals surface area contributed by atoms with Crippen molar-refractivity contribution in [2.75, 3.05) is 5.32 Å². The van der Waals surface area contributed by atoms with Crippen LogP contribution in [0.1, 0.15) is 44.9 Å². The summed E-state index contributed by atoms with van der Waals surface area (Å²) in [5, 5.41) is 17.3. The minimum absolute atomic E-state index is 0.228. The summed E-state index contributed by atoms with van der Waals surface area (Å²) < 4.78 is 0. The molecular weight excluding hydrogens is 346 g/mol. The average Bonchev–Trinajstić information content (AvgIpc) is 3.33. The van der Waals surface area contributed by atoms with Crippen LogP contribution in [0.5, 0.6) is 0 Å². The first kappa shape index (κ1) is 19.1. The first-order chi connectivity index (χ1) is 13.0. The minimum Gasteiger partial charge on any atom is -0.481 e. The molecule has 144 valence electrons. The fourth-order valence-corrected chi connectivity index (χ4v) is 3.91. The molecule has 0 bridgehead atoms. The van der Waals surface area contributed by atoms with Crippen LogP contribution in [0.25, 0.3) is 0 Å². The van der Waals surface area contributed by atoms with Gasteiger partial charge in [0, 0.05) is 18.3 Å². The number of hydrazone groups is 1. The quantitative estimate of drug-likeness (QED) is 0.770. The van der Waals surface area contributed by atoms with Crippen molar-refractivity contribution in [1.29, 1.82) is 0 Å². The lowest BCUT2D eigenvalue weighted by atomic mass is 9.90. The van der Waals surface area contributed by atoms with Crippen LogP contribution < -0.4 is 5.32 Å². The van der Waals surface area contributed by atoms with Gasteiger partial charge < -0.3 is 10.4 Å². The number of hydrogen-bond donors (Lipinski definition) is 2. The number of aliphatic carboxylic acids is 1. The number of benzene rings is 1. The molecule has 27 heavy (non-hydrogen) atoms. The number of nitrogens with one attached hydrogen (secondary N) is 1. The first-order valence-electron chi connectivity index (χ1n) is 9.48. The van der Waals surface area contributed by atoms with E-state index in [9.17, 15) is 19.5 Å². The second kappa shape index (κ2) is 8.79. The molecule has 1 aliphatic carbocycles. The van der Waals surface area contributed by atoms with Crippen molar-refractivity contribution in [3.05, 3.63) is 30.3 Å². The summed E-state index contributed by atoms with van der Waals surface area (Å²) in [6.45, 7) is 0. The second-order valence-electron chi connectivity index (χ2n) is 7.27. The minimum atomic E-state index is -1.00. The van der Waals surface area contributed by atoms with E-state index in [-0.39, 0.29) is 18.2 Å². The van der Waals surface area contributed by atoms with E-state index in [2.05, 4.69) is 10.4 Å². The van der Waals surface area contributed by atoms with Crippen molar-refractivity contribution in [1.82, 2.24) is 5.01 Å². The number of hydrogen-bond acceptors (Lipinski definition) is 4. The predicted molar refractivity (Wildman–Crippen MR) is 101 cm³/mol. The van der Waals surface area contributed by atoms with Crippen LogP contribution >= 0.6 is 0 Å². The van der Waals surface area contributed by atoms with Gasteiger partial charge in [-0.25, -0.2) is 5.01 Å². The van der Waals surface area contributed by atoms with Crippen LogP contribution in [0, 0.1) is 11.8 Å². The van der Waals surface area contributed by atoms with E-state index in [1.165, 1.54) is 5.01 Å². The maximum absolute atomic E-state index is 13.0. The summed E-state index contributed by atoms with van der Waals surface area (Å²) in [5.74, 6) is -1.96. The Kier molecular flexibility index (Phi) is 6.21. The standard InChI is InChI=1S/C20H25N3O4/c24-18(25)13-15(12-14-6-4-5-7-14)20(27)23-17(10-11-21-23)19(26)22-16-8-2-1-3-9-16/h1-3,8-9,11,14-15,17H,4-7,10,12-13H2,(H,22,26)(H,24,25). The van der Waals surface area contributed by atoms with E-state index in [0.29, 0.717) is 24.4 Å².